The molecule has 1 fully saturated rings. The second-order valence-electron chi connectivity index (χ2n) is 10.9. The van der Waals surface area contributed by atoms with Crippen molar-refractivity contribution >= 4 is 17.8 Å². The number of urea groups is 1. The largest absolute Gasteiger partial charge is 0.488 e. The lowest BCUT2D eigenvalue weighted by molar-refractivity contribution is -0.138. The van der Waals surface area contributed by atoms with Gasteiger partial charge in [0.05, 0.1) is 52.1 Å². The Morgan fingerprint density at radius 2 is 1.85 bits per heavy atom. The Balaban J connectivity index is 1.19. The molecule has 0 bridgehead atoms. The van der Waals surface area contributed by atoms with Crippen molar-refractivity contribution in [1.29, 1.82) is 0 Å². The molecule has 1 atom stereocenters. The molecule has 14 nitrogen and oxygen atoms in total. The van der Waals surface area contributed by atoms with Crippen molar-refractivity contribution in [3.05, 3.63) is 63.4 Å². The molecule has 250 valence electrons. The average Bonchev–Trinajstić information content (AvgIpc) is 3.41. The van der Waals surface area contributed by atoms with E-state index in [2.05, 4.69) is 21.4 Å². The number of carboxylic acid groups (broad SMARTS) is 1. The molecule has 1 aromatic carbocycles. The van der Waals surface area contributed by atoms with Crippen LogP contribution in [-0.2, 0) is 31.8 Å². The lowest BCUT2D eigenvalue weighted by atomic mass is 10.0. The number of pyridine rings is 1. The number of hydrogen-bond acceptors (Lipinski definition) is 9. The number of benzene rings is 1. The number of anilines is 1. The van der Waals surface area contributed by atoms with Crippen molar-refractivity contribution in [1.82, 2.24) is 14.8 Å². The number of halogens is 1. The minimum Gasteiger partial charge on any atom is -0.488 e. The highest BCUT2D eigenvalue weighted by atomic mass is 19.1. The Morgan fingerprint density at radius 1 is 1.09 bits per heavy atom. The van der Waals surface area contributed by atoms with Crippen LogP contribution in [0.15, 0.2) is 35.4 Å². The molecule has 2 aliphatic rings. The fraction of sp³-hybridized carbons (Fsp3) is 0.581. The quantitative estimate of drug-likeness (QED) is 0.0875. The highest BCUT2D eigenvalue weighted by Gasteiger charge is 2.35. The maximum atomic E-state index is 15.0. The standard InChI is InChI=1S/C31H42FN7O7/c32-26-21-24(6-8-28(26)46-20-19-45-18-17-44-16-15-43-14-10-35-37-33)27(22-29(40)41)39-13-12-38(31(39)42)11-2-4-25-7-5-23-3-1-9-34-30(23)36-25/h5-8,21,27H,1-4,9-20,22H2,(H,34,36)(H,40,41)/t27-/m0/s1. The Hall–Kier alpha value is -4.17. The average molecular weight is 644 g/mol. The summed E-state index contributed by atoms with van der Waals surface area (Å²) in [5.41, 5.74) is 10.8. The van der Waals surface area contributed by atoms with Gasteiger partial charge in [-0.3, -0.25) is 4.79 Å². The molecule has 1 aromatic heterocycles. The van der Waals surface area contributed by atoms with Crippen molar-refractivity contribution < 1.29 is 38.0 Å². The van der Waals surface area contributed by atoms with Crippen molar-refractivity contribution in [2.24, 2.45) is 5.11 Å². The van der Waals surface area contributed by atoms with E-state index in [4.69, 9.17) is 29.5 Å². The summed E-state index contributed by atoms with van der Waals surface area (Å²) in [6.45, 7) is 4.62. The molecule has 2 N–H and O–H groups in total. The summed E-state index contributed by atoms with van der Waals surface area (Å²) >= 11 is 0. The summed E-state index contributed by atoms with van der Waals surface area (Å²) in [6, 6.07) is 7.36. The van der Waals surface area contributed by atoms with E-state index in [-0.39, 0.29) is 38.0 Å². The second-order valence-corrected chi connectivity index (χ2v) is 10.9. The molecule has 15 heteroatoms. The molecule has 46 heavy (non-hydrogen) atoms. The third kappa shape index (κ3) is 10.7. The van der Waals surface area contributed by atoms with E-state index in [1.165, 1.54) is 22.6 Å². The maximum Gasteiger partial charge on any atom is 0.320 e. The van der Waals surface area contributed by atoms with Crippen LogP contribution in [0.1, 0.15) is 42.1 Å². The number of aryl methyl sites for hydroxylation is 2. The normalized spacial score (nSPS) is 14.8. The highest BCUT2D eigenvalue weighted by molar-refractivity contribution is 5.78. The van der Waals surface area contributed by atoms with E-state index in [0.29, 0.717) is 58.2 Å². The fourth-order valence-electron chi connectivity index (χ4n) is 5.37. The monoisotopic (exact) mass is 643 g/mol. The van der Waals surface area contributed by atoms with E-state index in [0.717, 1.165) is 43.7 Å². The van der Waals surface area contributed by atoms with Crippen molar-refractivity contribution in [2.45, 2.75) is 38.1 Å². The van der Waals surface area contributed by atoms with Crippen LogP contribution < -0.4 is 10.1 Å². The predicted octanol–water partition coefficient (Wildman–Crippen LogP) is 4.20. The van der Waals surface area contributed by atoms with Gasteiger partial charge < -0.3 is 39.2 Å². The number of azide groups is 1. The maximum absolute atomic E-state index is 15.0. The van der Waals surface area contributed by atoms with Gasteiger partial charge >= 0.3 is 12.0 Å². The number of nitrogens with zero attached hydrogens (tertiary/aromatic N) is 6. The van der Waals surface area contributed by atoms with E-state index in [9.17, 15) is 19.1 Å². The SMILES string of the molecule is [N-]=[N+]=NCCOCCOCCOCCOc1ccc([C@H](CC(=O)O)N2CCN(CCCc3ccc4c(n3)NCCC4)C2=O)cc1F. The number of rotatable bonds is 21. The Bertz CT molecular complexity index is 1340. The Labute approximate surface area is 267 Å². The van der Waals surface area contributed by atoms with Gasteiger partial charge in [0.2, 0.25) is 0 Å². The number of aliphatic carboxylic acids is 1. The molecule has 1 saturated heterocycles. The third-order valence-electron chi connectivity index (χ3n) is 7.65. The molecule has 0 spiro atoms. The van der Waals surface area contributed by atoms with Crippen molar-refractivity contribution in [3.63, 3.8) is 0 Å². The summed E-state index contributed by atoms with van der Waals surface area (Å²) in [5, 5.41) is 16.3. The number of aromatic nitrogens is 1. The van der Waals surface area contributed by atoms with Gasteiger partial charge in [0.15, 0.2) is 11.6 Å². The van der Waals surface area contributed by atoms with Crippen LogP contribution in [0.5, 0.6) is 5.75 Å². The van der Waals surface area contributed by atoms with Gasteiger partial charge in [-0.15, -0.1) is 0 Å². The first kappa shape index (κ1) is 34.7. The molecular weight excluding hydrogens is 601 g/mol. The lowest BCUT2D eigenvalue weighted by Crippen LogP contribution is -2.36. The molecule has 2 amide bonds. The van der Waals surface area contributed by atoms with Gasteiger partial charge in [0, 0.05) is 43.3 Å². The van der Waals surface area contributed by atoms with Crippen LogP contribution in [0, 0.1) is 5.82 Å². The summed E-state index contributed by atoms with van der Waals surface area (Å²) in [7, 11) is 0. The molecule has 4 rings (SSSR count). The summed E-state index contributed by atoms with van der Waals surface area (Å²) in [5.74, 6) is -0.770. The van der Waals surface area contributed by atoms with Crippen LogP contribution in [0.2, 0.25) is 0 Å². The zero-order chi connectivity index (χ0) is 32.6. The van der Waals surface area contributed by atoms with E-state index in [1.54, 1.807) is 11.0 Å². The van der Waals surface area contributed by atoms with Gasteiger partial charge in [-0.2, -0.15) is 0 Å². The summed E-state index contributed by atoms with van der Waals surface area (Å²) in [6.07, 6.45) is 3.23. The number of fused-ring (bicyclic) bond motifs is 1. The minimum absolute atomic E-state index is 0.0101. The number of ether oxygens (including phenoxy) is 4. The highest BCUT2D eigenvalue weighted by Crippen LogP contribution is 2.31. The molecule has 0 aliphatic carbocycles. The summed E-state index contributed by atoms with van der Waals surface area (Å²) < 4.78 is 36.5. The lowest BCUT2D eigenvalue weighted by Gasteiger charge is -2.27. The zero-order valence-corrected chi connectivity index (χ0v) is 25.9. The predicted molar refractivity (Wildman–Crippen MR) is 166 cm³/mol. The third-order valence-corrected chi connectivity index (χ3v) is 7.65. The van der Waals surface area contributed by atoms with Crippen LogP contribution in [-0.4, -0.2) is 111 Å². The number of hydrogen-bond donors (Lipinski definition) is 2. The first-order chi connectivity index (χ1) is 22.5. The Morgan fingerprint density at radius 3 is 2.59 bits per heavy atom. The topological polar surface area (TPSA) is 171 Å². The van der Waals surface area contributed by atoms with Crippen LogP contribution >= 0.6 is 0 Å². The van der Waals surface area contributed by atoms with E-state index >= 15 is 0 Å². The molecule has 2 aromatic rings. The molecule has 0 unspecified atom stereocenters. The number of carbonyl (C=O) groups is 2. The second kappa shape index (κ2) is 18.7. The summed E-state index contributed by atoms with van der Waals surface area (Å²) in [4.78, 5) is 35.6. The minimum atomic E-state index is -1.08. The molecule has 0 saturated carbocycles. The van der Waals surface area contributed by atoms with Gasteiger partial charge in [-0.05, 0) is 60.5 Å². The van der Waals surface area contributed by atoms with E-state index < -0.39 is 17.8 Å². The van der Waals surface area contributed by atoms with Crippen molar-refractivity contribution in [3.8, 4) is 5.75 Å². The number of carboxylic acids is 1. The molecule has 2 aliphatic heterocycles. The number of amides is 2. The molecular formula is C31H42FN7O7. The first-order valence-electron chi connectivity index (χ1n) is 15.6. The van der Waals surface area contributed by atoms with Gasteiger partial charge in [-0.25, -0.2) is 14.2 Å². The number of nitrogens with one attached hydrogen (secondary N) is 1. The van der Waals surface area contributed by atoms with Gasteiger partial charge in [0.25, 0.3) is 0 Å². The molecule has 0 radical (unpaired) electrons. The fourth-order valence-corrected chi connectivity index (χ4v) is 5.37. The van der Waals surface area contributed by atoms with Crippen LogP contribution in [0.3, 0.4) is 0 Å². The zero-order valence-electron chi connectivity index (χ0n) is 25.9. The van der Waals surface area contributed by atoms with Crippen molar-refractivity contribution in [2.75, 3.05) is 84.3 Å². The van der Waals surface area contributed by atoms with Crippen LogP contribution in [0.4, 0.5) is 15.0 Å². The van der Waals surface area contributed by atoms with E-state index in [1.807, 2.05) is 6.07 Å². The Kier molecular flexibility index (Phi) is 14.1. The van der Waals surface area contributed by atoms with Gasteiger partial charge in [-0.1, -0.05) is 17.2 Å². The first-order valence-corrected chi connectivity index (χ1v) is 15.6. The molecule has 3 heterocycles. The smallest absolute Gasteiger partial charge is 0.320 e. The number of carbonyl (C=O) groups excluding carboxylic acids is 1. The van der Waals surface area contributed by atoms with Crippen LogP contribution in [0.25, 0.3) is 10.4 Å². The van der Waals surface area contributed by atoms with Gasteiger partial charge in [0.1, 0.15) is 12.4 Å².